The van der Waals surface area contributed by atoms with Gasteiger partial charge in [-0.15, -0.1) is 0 Å². The van der Waals surface area contributed by atoms with Gasteiger partial charge in [0, 0.05) is 16.9 Å². The van der Waals surface area contributed by atoms with Crippen molar-refractivity contribution < 1.29 is 15.1 Å². The minimum Gasteiger partial charge on any atom is -0.508 e. The van der Waals surface area contributed by atoms with Crippen molar-refractivity contribution in [1.29, 1.82) is 0 Å². The van der Waals surface area contributed by atoms with Gasteiger partial charge in [-0.3, -0.25) is 0 Å². The van der Waals surface area contributed by atoms with Gasteiger partial charge in [-0.1, -0.05) is 52.6 Å². The molecule has 138 valence electrons. The highest BCUT2D eigenvalue weighted by molar-refractivity contribution is 5.96. The SMILES string of the molecule is CCCCC(C)(C)c1cc(O)c2c(c1)OC1/C(=N/O)C(C)(C)CCC21. The Hall–Kier alpha value is -1.71. The highest BCUT2D eigenvalue weighted by Crippen LogP contribution is 2.53. The summed E-state index contributed by atoms with van der Waals surface area (Å²) in [6.07, 6.45) is 4.96. The molecule has 0 amide bonds. The van der Waals surface area contributed by atoms with Gasteiger partial charge in [0.05, 0.1) is 0 Å². The summed E-state index contributed by atoms with van der Waals surface area (Å²) >= 11 is 0. The van der Waals surface area contributed by atoms with E-state index in [1.54, 1.807) is 0 Å². The maximum Gasteiger partial charge on any atom is 0.148 e. The zero-order valence-corrected chi connectivity index (χ0v) is 16.1. The second-order valence-corrected chi connectivity index (χ2v) is 8.95. The van der Waals surface area contributed by atoms with Crippen molar-refractivity contribution in [3.8, 4) is 11.5 Å². The Bertz CT molecular complexity index is 691. The van der Waals surface area contributed by atoms with Crippen molar-refractivity contribution in [1.82, 2.24) is 0 Å². The zero-order valence-electron chi connectivity index (χ0n) is 16.1. The van der Waals surface area contributed by atoms with Crippen molar-refractivity contribution >= 4 is 5.71 Å². The van der Waals surface area contributed by atoms with Crippen LogP contribution >= 0.6 is 0 Å². The van der Waals surface area contributed by atoms with E-state index in [4.69, 9.17) is 4.74 Å². The molecule has 0 spiro atoms. The molecule has 3 rings (SSSR count). The van der Waals surface area contributed by atoms with Gasteiger partial charge in [0.1, 0.15) is 23.3 Å². The summed E-state index contributed by atoms with van der Waals surface area (Å²) in [6, 6.07) is 4.00. The molecule has 2 unspecified atom stereocenters. The molecule has 2 N–H and O–H groups in total. The van der Waals surface area contributed by atoms with Crippen molar-refractivity contribution in [2.75, 3.05) is 0 Å². The van der Waals surface area contributed by atoms with E-state index in [0.717, 1.165) is 49.0 Å². The summed E-state index contributed by atoms with van der Waals surface area (Å²) in [7, 11) is 0. The molecule has 25 heavy (non-hydrogen) atoms. The van der Waals surface area contributed by atoms with Crippen LogP contribution in [0.25, 0.3) is 0 Å². The van der Waals surface area contributed by atoms with E-state index in [9.17, 15) is 10.3 Å². The molecule has 4 nitrogen and oxygen atoms in total. The average Bonchev–Trinajstić information content (AvgIpc) is 2.91. The molecule has 0 radical (unpaired) electrons. The minimum absolute atomic E-state index is 0.00713. The lowest BCUT2D eigenvalue weighted by atomic mass is 9.68. The van der Waals surface area contributed by atoms with Crippen molar-refractivity contribution in [3.05, 3.63) is 23.3 Å². The third-order valence-electron chi connectivity index (χ3n) is 6.20. The van der Waals surface area contributed by atoms with E-state index >= 15 is 0 Å². The molecule has 2 atom stereocenters. The summed E-state index contributed by atoms with van der Waals surface area (Å²) < 4.78 is 6.22. The number of hydrogen-bond donors (Lipinski definition) is 2. The summed E-state index contributed by atoms with van der Waals surface area (Å²) in [5.74, 6) is 1.15. The first-order chi connectivity index (χ1) is 11.7. The molecular weight excluding hydrogens is 314 g/mol. The summed E-state index contributed by atoms with van der Waals surface area (Å²) in [5.41, 5.74) is 2.49. The number of ether oxygens (including phenoxy) is 1. The number of oxime groups is 1. The van der Waals surface area contributed by atoms with Crippen LogP contribution in [0.1, 0.15) is 83.8 Å². The van der Waals surface area contributed by atoms with Crippen LogP contribution in [0.15, 0.2) is 17.3 Å². The van der Waals surface area contributed by atoms with E-state index < -0.39 is 0 Å². The van der Waals surface area contributed by atoms with Gasteiger partial charge in [0.15, 0.2) is 0 Å². The van der Waals surface area contributed by atoms with Gasteiger partial charge in [0.2, 0.25) is 0 Å². The molecule has 1 aromatic rings. The van der Waals surface area contributed by atoms with Crippen LogP contribution in [-0.2, 0) is 5.41 Å². The molecule has 1 saturated carbocycles. The number of phenols is 1. The smallest absolute Gasteiger partial charge is 0.148 e. The lowest BCUT2D eigenvalue weighted by Crippen LogP contribution is -2.44. The van der Waals surface area contributed by atoms with Crippen molar-refractivity contribution in [2.45, 2.75) is 84.2 Å². The molecule has 2 aliphatic rings. The van der Waals surface area contributed by atoms with Crippen LogP contribution in [0.4, 0.5) is 0 Å². The topological polar surface area (TPSA) is 62.0 Å². The predicted octanol–water partition coefficient (Wildman–Crippen LogP) is 5.35. The van der Waals surface area contributed by atoms with E-state index in [0.29, 0.717) is 11.5 Å². The number of rotatable bonds is 4. The number of fused-ring (bicyclic) bond motifs is 3. The summed E-state index contributed by atoms with van der Waals surface area (Å²) in [5, 5.41) is 23.9. The van der Waals surface area contributed by atoms with Crippen LogP contribution in [0.5, 0.6) is 11.5 Å². The molecule has 1 aliphatic heterocycles. The molecule has 1 aliphatic carbocycles. The standard InChI is InChI=1S/C21H31NO3/c1-6-7-9-20(2,3)13-11-15(23)17-14-8-10-21(4,5)19(22-24)18(14)25-16(17)12-13/h11-12,14,18,23-24H,6-10H2,1-5H3/b22-19-. The first kappa shape index (κ1) is 18.1. The number of aromatic hydroxyl groups is 1. The lowest BCUT2D eigenvalue weighted by Gasteiger charge is -2.37. The average molecular weight is 345 g/mol. The molecule has 1 heterocycles. The fourth-order valence-electron chi connectivity index (χ4n) is 4.37. The van der Waals surface area contributed by atoms with Crippen LogP contribution in [0.3, 0.4) is 0 Å². The van der Waals surface area contributed by atoms with Gasteiger partial charge in [0.25, 0.3) is 0 Å². The minimum atomic E-state index is -0.274. The number of benzene rings is 1. The quantitative estimate of drug-likeness (QED) is 0.571. The van der Waals surface area contributed by atoms with Crippen molar-refractivity contribution in [3.63, 3.8) is 0 Å². The van der Waals surface area contributed by atoms with Gasteiger partial charge >= 0.3 is 0 Å². The molecule has 1 fully saturated rings. The van der Waals surface area contributed by atoms with Crippen LogP contribution < -0.4 is 4.74 Å². The Morgan fingerprint density at radius 2 is 2.04 bits per heavy atom. The Kier molecular flexibility index (Phi) is 4.50. The van der Waals surface area contributed by atoms with Crippen LogP contribution in [0.2, 0.25) is 0 Å². The largest absolute Gasteiger partial charge is 0.508 e. The van der Waals surface area contributed by atoms with Gasteiger partial charge in [-0.05, 0) is 42.4 Å². The van der Waals surface area contributed by atoms with Gasteiger partial charge in [-0.25, -0.2) is 0 Å². The van der Waals surface area contributed by atoms with Gasteiger partial charge < -0.3 is 15.1 Å². The summed E-state index contributed by atoms with van der Waals surface area (Å²) in [4.78, 5) is 0. The molecule has 0 saturated heterocycles. The fraction of sp³-hybridized carbons (Fsp3) is 0.667. The normalized spacial score (nSPS) is 26.2. The summed E-state index contributed by atoms with van der Waals surface area (Å²) in [6.45, 7) is 10.8. The first-order valence-corrected chi connectivity index (χ1v) is 9.47. The Balaban J connectivity index is 1.98. The highest BCUT2D eigenvalue weighted by atomic mass is 16.5. The number of nitrogens with zero attached hydrogens (tertiary/aromatic N) is 1. The van der Waals surface area contributed by atoms with E-state index in [2.05, 4.69) is 45.8 Å². The van der Waals surface area contributed by atoms with E-state index in [1.807, 2.05) is 6.07 Å². The molecule has 1 aromatic carbocycles. The fourth-order valence-corrected chi connectivity index (χ4v) is 4.37. The van der Waals surface area contributed by atoms with Crippen molar-refractivity contribution in [2.24, 2.45) is 10.6 Å². The third kappa shape index (κ3) is 3.00. The van der Waals surface area contributed by atoms with Crippen LogP contribution in [0, 0.1) is 5.41 Å². The monoisotopic (exact) mass is 345 g/mol. The molecular formula is C21H31NO3. The Labute approximate surface area is 150 Å². The van der Waals surface area contributed by atoms with E-state index in [-0.39, 0.29) is 22.9 Å². The maximum absolute atomic E-state index is 10.7. The number of unbranched alkanes of at least 4 members (excludes halogenated alkanes) is 1. The molecule has 0 bridgehead atoms. The Morgan fingerprint density at radius 1 is 1.32 bits per heavy atom. The number of hydrogen-bond acceptors (Lipinski definition) is 4. The maximum atomic E-state index is 10.7. The first-order valence-electron chi connectivity index (χ1n) is 9.47. The predicted molar refractivity (Wildman–Crippen MR) is 100 cm³/mol. The van der Waals surface area contributed by atoms with E-state index in [1.165, 1.54) is 0 Å². The zero-order chi connectivity index (χ0) is 18.4. The third-order valence-corrected chi connectivity index (χ3v) is 6.20. The molecule has 0 aromatic heterocycles. The Morgan fingerprint density at radius 3 is 2.68 bits per heavy atom. The van der Waals surface area contributed by atoms with Gasteiger partial charge in [-0.2, -0.15) is 0 Å². The number of phenolic OH excluding ortho intramolecular Hbond substituents is 1. The highest BCUT2D eigenvalue weighted by Gasteiger charge is 2.49. The second kappa shape index (κ2) is 6.22. The lowest BCUT2D eigenvalue weighted by molar-refractivity contribution is 0.201. The second-order valence-electron chi connectivity index (χ2n) is 8.95. The van der Waals surface area contributed by atoms with Crippen LogP contribution in [-0.4, -0.2) is 22.1 Å². The molecule has 4 heteroatoms.